The molecule has 3 aromatic carbocycles. The van der Waals surface area contributed by atoms with Crippen LogP contribution in [0.2, 0.25) is 0 Å². The first kappa shape index (κ1) is 22.2. The van der Waals surface area contributed by atoms with Gasteiger partial charge in [-0.05, 0) is 82.1 Å². The highest BCUT2D eigenvalue weighted by atomic mass is 31.2. The van der Waals surface area contributed by atoms with Crippen LogP contribution in [0, 0.1) is 34.6 Å². The first-order valence-corrected chi connectivity index (χ1v) is 13.1. The van der Waals surface area contributed by atoms with Gasteiger partial charge in [-0.15, -0.1) is 0 Å². The Hall–Kier alpha value is -3.56. The van der Waals surface area contributed by atoms with E-state index in [0.29, 0.717) is 0 Å². The summed E-state index contributed by atoms with van der Waals surface area (Å²) in [6.07, 6.45) is 1.84. The van der Waals surface area contributed by atoms with E-state index in [1.54, 1.807) is 4.78 Å². The van der Waals surface area contributed by atoms with Crippen LogP contribution in [0.5, 0.6) is 0 Å². The number of aryl methyl sites for hydroxylation is 3. The van der Waals surface area contributed by atoms with Crippen molar-refractivity contribution in [3.05, 3.63) is 106 Å². The number of rotatable bonds is 4. The Balaban J connectivity index is 1.73. The number of benzene rings is 3. The fourth-order valence-electron chi connectivity index (χ4n) is 4.62. The topological polar surface area (TPSA) is 49.6 Å². The number of hydrogen-bond donors (Lipinski definition) is 1. The Morgan fingerprint density at radius 2 is 1.47 bits per heavy atom. The molecule has 1 aliphatic rings. The van der Waals surface area contributed by atoms with Gasteiger partial charge in [0.2, 0.25) is 0 Å². The lowest BCUT2D eigenvalue weighted by Gasteiger charge is -2.33. The summed E-state index contributed by atoms with van der Waals surface area (Å²) < 4.78 is 19.0. The maximum absolute atomic E-state index is 15.1. The van der Waals surface area contributed by atoms with Crippen LogP contribution in [0.1, 0.15) is 33.6 Å². The van der Waals surface area contributed by atoms with Gasteiger partial charge in [-0.3, -0.25) is 4.57 Å². The normalized spacial score (nSPS) is 17.0. The van der Waals surface area contributed by atoms with Gasteiger partial charge < -0.3 is 9.65 Å². The highest BCUT2D eigenvalue weighted by molar-refractivity contribution is 7.74. The molecule has 1 atom stereocenters. The predicted octanol–water partition coefficient (Wildman–Crippen LogP) is 6.80. The van der Waals surface area contributed by atoms with Gasteiger partial charge in [-0.2, -0.15) is 9.88 Å². The third kappa shape index (κ3) is 3.57. The molecule has 1 N–H and O–H groups in total. The molecule has 172 valence electrons. The van der Waals surface area contributed by atoms with Crippen LogP contribution >= 0.6 is 7.44 Å². The molecule has 0 saturated heterocycles. The standard InChI is InChI=1S/C28H29N4OP/c1-19-11-15-25(16-12-19)31-22(4)27-18-29-32(26-9-7-6-8-10-26)34(33,28(27)23(31)5)30-24-14-13-20(2)21(3)17-24/h6-18H,1-5H3,(H,30,33)/t34-/m0/s1. The monoisotopic (exact) mass is 468 g/mol. The highest BCUT2D eigenvalue weighted by Crippen LogP contribution is 2.54. The van der Waals surface area contributed by atoms with Gasteiger partial charge >= 0.3 is 7.44 Å². The van der Waals surface area contributed by atoms with Crippen molar-refractivity contribution in [1.82, 2.24) is 4.57 Å². The van der Waals surface area contributed by atoms with Crippen molar-refractivity contribution < 1.29 is 4.57 Å². The van der Waals surface area contributed by atoms with Gasteiger partial charge in [-0.25, -0.2) is 0 Å². The van der Waals surface area contributed by atoms with Crippen LogP contribution in [0.3, 0.4) is 0 Å². The molecule has 2 heterocycles. The Morgan fingerprint density at radius 1 is 0.765 bits per heavy atom. The number of nitrogens with one attached hydrogen (secondary N) is 1. The van der Waals surface area contributed by atoms with E-state index in [2.05, 4.69) is 73.7 Å². The summed E-state index contributed by atoms with van der Waals surface area (Å²) in [4.78, 5) is 0. The molecule has 4 aromatic rings. The van der Waals surface area contributed by atoms with Gasteiger partial charge in [0.15, 0.2) is 0 Å². The highest BCUT2D eigenvalue weighted by Gasteiger charge is 2.42. The molecule has 0 aliphatic carbocycles. The molecule has 0 amide bonds. The van der Waals surface area contributed by atoms with Crippen LogP contribution in [0.25, 0.3) is 5.69 Å². The minimum atomic E-state index is -3.40. The number of para-hydroxylation sites is 1. The van der Waals surface area contributed by atoms with Gasteiger partial charge in [-0.1, -0.05) is 42.0 Å². The molecule has 5 nitrogen and oxygen atoms in total. The summed E-state index contributed by atoms with van der Waals surface area (Å²) in [6.45, 7) is 10.3. The molecule has 0 unspecified atom stereocenters. The molecule has 0 saturated carbocycles. The largest absolute Gasteiger partial charge is 0.317 e. The number of nitrogens with zero attached hydrogens (tertiary/aromatic N) is 3. The summed E-state index contributed by atoms with van der Waals surface area (Å²) in [6, 6.07) is 24.2. The molecule has 0 fully saturated rings. The van der Waals surface area contributed by atoms with Crippen LogP contribution in [0.15, 0.2) is 77.9 Å². The number of hydrogen-bond acceptors (Lipinski definition) is 2. The lowest BCUT2D eigenvalue weighted by molar-refractivity contribution is 0.581. The van der Waals surface area contributed by atoms with E-state index in [1.807, 2.05) is 49.5 Å². The van der Waals surface area contributed by atoms with E-state index in [4.69, 9.17) is 5.10 Å². The van der Waals surface area contributed by atoms with Crippen molar-refractivity contribution in [2.45, 2.75) is 34.6 Å². The van der Waals surface area contributed by atoms with Crippen molar-refractivity contribution in [3.8, 4) is 5.69 Å². The SMILES string of the molecule is Cc1ccc(-n2c(C)c3c(c2C)[P@](=O)(Nc2ccc(C)c(C)c2)N(c2ccccc2)N=C3)cc1. The quantitative estimate of drug-likeness (QED) is 0.335. The van der Waals surface area contributed by atoms with Gasteiger partial charge in [0.1, 0.15) is 0 Å². The van der Waals surface area contributed by atoms with Crippen LogP contribution < -0.4 is 15.2 Å². The van der Waals surface area contributed by atoms with Crippen molar-refractivity contribution in [3.63, 3.8) is 0 Å². The molecule has 0 radical (unpaired) electrons. The first-order chi connectivity index (χ1) is 16.3. The van der Waals surface area contributed by atoms with E-state index >= 15 is 4.57 Å². The zero-order valence-corrected chi connectivity index (χ0v) is 21.1. The second-order valence-corrected chi connectivity index (χ2v) is 11.2. The maximum atomic E-state index is 15.1. The minimum absolute atomic E-state index is 0.782. The first-order valence-electron chi connectivity index (χ1n) is 11.4. The third-order valence-corrected chi connectivity index (χ3v) is 9.19. The second kappa shape index (κ2) is 8.34. The summed E-state index contributed by atoms with van der Waals surface area (Å²) in [5.41, 5.74) is 9.07. The lowest BCUT2D eigenvalue weighted by Crippen LogP contribution is -2.32. The van der Waals surface area contributed by atoms with E-state index < -0.39 is 7.44 Å². The molecule has 5 rings (SSSR count). The molecule has 0 bridgehead atoms. The number of anilines is 2. The van der Waals surface area contributed by atoms with E-state index in [0.717, 1.165) is 44.9 Å². The van der Waals surface area contributed by atoms with Gasteiger partial charge in [0, 0.05) is 28.3 Å². The smallest absolute Gasteiger partial charge is 0.312 e. The zero-order valence-electron chi connectivity index (χ0n) is 20.2. The summed E-state index contributed by atoms with van der Waals surface area (Å²) >= 11 is 0. The van der Waals surface area contributed by atoms with Crippen molar-refractivity contribution in [2.24, 2.45) is 5.10 Å². The van der Waals surface area contributed by atoms with E-state index in [-0.39, 0.29) is 0 Å². The second-order valence-electron chi connectivity index (χ2n) is 8.96. The molecule has 1 aromatic heterocycles. The Labute approximate surface area is 201 Å². The molecular formula is C28H29N4OP. The minimum Gasteiger partial charge on any atom is -0.317 e. The summed E-state index contributed by atoms with van der Waals surface area (Å²) in [5.74, 6) is 0. The van der Waals surface area contributed by atoms with Crippen molar-refractivity contribution in [1.29, 1.82) is 0 Å². The van der Waals surface area contributed by atoms with Crippen molar-refractivity contribution >= 4 is 30.3 Å². The summed E-state index contributed by atoms with van der Waals surface area (Å²) in [5, 5.41) is 8.94. The maximum Gasteiger partial charge on any atom is 0.312 e. The average Bonchev–Trinajstić information content (AvgIpc) is 3.08. The fraction of sp³-hybridized carbons (Fsp3) is 0.179. The molecule has 0 spiro atoms. The predicted molar refractivity (Wildman–Crippen MR) is 143 cm³/mol. The summed E-state index contributed by atoms with van der Waals surface area (Å²) in [7, 11) is -3.40. The molecular weight excluding hydrogens is 439 g/mol. The third-order valence-electron chi connectivity index (χ3n) is 6.59. The van der Waals surface area contributed by atoms with Crippen LogP contribution in [-0.2, 0) is 4.57 Å². The van der Waals surface area contributed by atoms with Gasteiger partial charge in [0.25, 0.3) is 0 Å². The van der Waals surface area contributed by atoms with Crippen molar-refractivity contribution in [2.75, 3.05) is 9.87 Å². The van der Waals surface area contributed by atoms with E-state index in [1.165, 1.54) is 11.1 Å². The fourth-order valence-corrected chi connectivity index (χ4v) is 7.25. The molecule has 1 aliphatic heterocycles. The van der Waals surface area contributed by atoms with Crippen LogP contribution in [0.4, 0.5) is 11.4 Å². The number of fused-ring (bicyclic) bond motifs is 1. The molecule has 34 heavy (non-hydrogen) atoms. The number of aromatic nitrogens is 1. The zero-order chi connectivity index (χ0) is 24.0. The number of hydrazone groups is 1. The Bertz CT molecular complexity index is 1450. The Kier molecular flexibility index (Phi) is 5.45. The van der Waals surface area contributed by atoms with Crippen LogP contribution in [-0.4, -0.2) is 10.8 Å². The lowest BCUT2D eigenvalue weighted by atomic mass is 10.1. The average molecular weight is 469 g/mol. The molecule has 6 heteroatoms. The van der Waals surface area contributed by atoms with Gasteiger partial charge in [0.05, 0.1) is 17.2 Å². The van der Waals surface area contributed by atoms with E-state index in [9.17, 15) is 0 Å². The Morgan fingerprint density at radius 3 is 2.15 bits per heavy atom.